The van der Waals surface area contributed by atoms with E-state index in [1.165, 1.54) is 0 Å². The third-order valence-electron chi connectivity index (χ3n) is 1.20. The summed E-state index contributed by atoms with van der Waals surface area (Å²) < 4.78 is 15.5. The van der Waals surface area contributed by atoms with E-state index in [2.05, 4.69) is 4.52 Å². The zero-order valence-electron chi connectivity index (χ0n) is 5.66. The molecule has 0 unspecified atom stereocenters. The summed E-state index contributed by atoms with van der Waals surface area (Å²) >= 11 is 0. The third-order valence-corrected chi connectivity index (χ3v) is 3.60. The lowest BCUT2D eigenvalue weighted by Gasteiger charge is -2.09. The van der Waals surface area contributed by atoms with Crippen LogP contribution in [0.4, 0.5) is 0 Å². The molecular weight excluding hydrogens is 139 g/mol. The van der Waals surface area contributed by atoms with Crippen molar-refractivity contribution in [2.75, 3.05) is 12.3 Å². The highest BCUT2D eigenvalue weighted by Crippen LogP contribution is 2.44. The lowest BCUT2D eigenvalue weighted by molar-refractivity contribution is -0.120. The van der Waals surface area contributed by atoms with Gasteiger partial charge in [0.1, 0.15) is 0 Å². The minimum atomic E-state index is -2.55. The molecule has 4 heteroatoms. The van der Waals surface area contributed by atoms with E-state index in [9.17, 15) is 9.36 Å². The summed E-state index contributed by atoms with van der Waals surface area (Å²) in [6, 6.07) is 0. The van der Waals surface area contributed by atoms with Crippen LogP contribution in [0.15, 0.2) is 0 Å². The zero-order valence-corrected chi connectivity index (χ0v) is 6.56. The second-order valence-electron chi connectivity index (χ2n) is 1.65. The highest BCUT2D eigenvalue weighted by Gasteiger charge is 2.16. The van der Waals surface area contributed by atoms with Gasteiger partial charge >= 0.3 is 0 Å². The summed E-state index contributed by atoms with van der Waals surface area (Å²) in [4.78, 5) is 9.74. The molecule has 0 aromatic carbocycles. The van der Waals surface area contributed by atoms with Crippen molar-refractivity contribution >= 4 is 13.8 Å². The molecule has 0 aliphatic heterocycles. The first kappa shape index (κ1) is 8.70. The van der Waals surface area contributed by atoms with E-state index in [0.717, 1.165) is 0 Å². The molecule has 0 rings (SSSR count). The van der Waals surface area contributed by atoms with Gasteiger partial charge in [0.15, 0.2) is 0 Å². The molecule has 0 atom stereocenters. The van der Waals surface area contributed by atoms with Crippen LogP contribution in [0, 0.1) is 0 Å². The molecular formula is C5H11O3P. The van der Waals surface area contributed by atoms with E-state index in [-0.39, 0.29) is 6.47 Å². The van der Waals surface area contributed by atoms with Crippen molar-refractivity contribution < 1.29 is 13.9 Å². The second-order valence-corrected chi connectivity index (χ2v) is 4.75. The van der Waals surface area contributed by atoms with E-state index in [1.807, 2.05) is 0 Å². The van der Waals surface area contributed by atoms with Crippen LogP contribution in [0.25, 0.3) is 0 Å². The molecule has 0 amide bonds. The Morgan fingerprint density at radius 2 is 1.89 bits per heavy atom. The van der Waals surface area contributed by atoms with Crippen LogP contribution < -0.4 is 0 Å². The van der Waals surface area contributed by atoms with E-state index >= 15 is 0 Å². The van der Waals surface area contributed by atoms with Crippen molar-refractivity contribution in [2.45, 2.75) is 13.8 Å². The minimum absolute atomic E-state index is 0.258. The first-order valence-electron chi connectivity index (χ1n) is 2.88. The molecule has 0 saturated heterocycles. The van der Waals surface area contributed by atoms with Crippen molar-refractivity contribution in [3.63, 3.8) is 0 Å². The molecule has 0 aliphatic rings. The quantitative estimate of drug-likeness (QED) is 0.450. The molecule has 9 heavy (non-hydrogen) atoms. The monoisotopic (exact) mass is 150 g/mol. The van der Waals surface area contributed by atoms with E-state index in [1.54, 1.807) is 13.8 Å². The van der Waals surface area contributed by atoms with Crippen LogP contribution in [0.2, 0.25) is 0 Å². The van der Waals surface area contributed by atoms with E-state index in [0.29, 0.717) is 12.3 Å². The van der Waals surface area contributed by atoms with Crippen LogP contribution in [0.3, 0.4) is 0 Å². The van der Waals surface area contributed by atoms with Crippen molar-refractivity contribution in [3.05, 3.63) is 0 Å². The first-order valence-corrected chi connectivity index (χ1v) is 4.88. The van der Waals surface area contributed by atoms with Gasteiger partial charge in [-0.2, -0.15) is 0 Å². The highest BCUT2D eigenvalue weighted by molar-refractivity contribution is 7.59. The topological polar surface area (TPSA) is 43.4 Å². The Bertz CT molecular complexity index is 124. The van der Waals surface area contributed by atoms with Crippen LogP contribution in [0.1, 0.15) is 13.8 Å². The molecule has 0 saturated carbocycles. The summed E-state index contributed by atoms with van der Waals surface area (Å²) in [5.74, 6) is 0. The van der Waals surface area contributed by atoms with Gasteiger partial charge in [0, 0.05) is 12.3 Å². The van der Waals surface area contributed by atoms with Crippen LogP contribution in [-0.2, 0) is 13.9 Å². The number of hydrogen-bond acceptors (Lipinski definition) is 3. The highest BCUT2D eigenvalue weighted by atomic mass is 31.2. The molecule has 0 N–H and O–H groups in total. The lowest BCUT2D eigenvalue weighted by atomic mass is 11.0. The molecule has 0 aromatic rings. The van der Waals surface area contributed by atoms with Gasteiger partial charge in [-0.15, -0.1) is 0 Å². The fraction of sp³-hybridized carbons (Fsp3) is 0.800. The van der Waals surface area contributed by atoms with Crippen LogP contribution in [-0.4, -0.2) is 18.8 Å². The van der Waals surface area contributed by atoms with E-state index < -0.39 is 7.37 Å². The van der Waals surface area contributed by atoms with Gasteiger partial charge in [0.25, 0.3) is 6.47 Å². The Labute approximate surface area is 54.9 Å². The molecule has 3 nitrogen and oxygen atoms in total. The number of rotatable bonds is 4. The smallest absolute Gasteiger partial charge is 0.298 e. The van der Waals surface area contributed by atoms with Gasteiger partial charge in [0.05, 0.1) is 0 Å². The number of carbonyl (C=O) groups is 1. The lowest BCUT2D eigenvalue weighted by Crippen LogP contribution is -1.92. The average Bonchev–Trinajstić information content (AvgIpc) is 1.89. The van der Waals surface area contributed by atoms with Crippen LogP contribution in [0.5, 0.6) is 0 Å². The SMILES string of the molecule is CCP(=O)(CC)OC=O. The number of hydrogen-bond donors (Lipinski definition) is 0. The molecule has 0 aliphatic carbocycles. The van der Waals surface area contributed by atoms with E-state index in [4.69, 9.17) is 0 Å². The van der Waals surface area contributed by atoms with Gasteiger partial charge in [-0.25, -0.2) is 0 Å². The Hall–Kier alpha value is -0.300. The zero-order chi connectivity index (χ0) is 7.33. The molecule has 0 bridgehead atoms. The second kappa shape index (κ2) is 3.67. The van der Waals surface area contributed by atoms with Gasteiger partial charge in [-0.1, -0.05) is 13.8 Å². The summed E-state index contributed by atoms with van der Waals surface area (Å²) in [5.41, 5.74) is 0. The molecule has 0 aromatic heterocycles. The summed E-state index contributed by atoms with van der Waals surface area (Å²) in [6.45, 7) is 3.75. The standard InChI is InChI=1S/C5H11O3P/c1-3-9(7,4-2)8-5-6/h5H,3-4H2,1-2H3. The molecule has 0 fully saturated rings. The fourth-order valence-corrected chi connectivity index (χ4v) is 1.35. The average molecular weight is 150 g/mol. The van der Waals surface area contributed by atoms with Crippen LogP contribution >= 0.6 is 7.37 Å². The predicted octanol–water partition coefficient (Wildman–Crippen LogP) is 1.48. The van der Waals surface area contributed by atoms with Crippen molar-refractivity contribution in [2.24, 2.45) is 0 Å². The first-order chi connectivity index (χ1) is 4.18. The Kier molecular flexibility index (Phi) is 3.55. The Morgan fingerprint density at radius 3 is 2.00 bits per heavy atom. The molecule has 0 radical (unpaired) electrons. The molecule has 0 heterocycles. The Morgan fingerprint density at radius 1 is 1.44 bits per heavy atom. The van der Waals surface area contributed by atoms with Gasteiger partial charge in [-0.3, -0.25) is 9.36 Å². The third kappa shape index (κ3) is 2.66. The maximum Gasteiger partial charge on any atom is 0.298 e. The fourth-order valence-electron chi connectivity index (χ4n) is 0.451. The number of carbonyl (C=O) groups excluding carboxylic acids is 1. The maximum absolute atomic E-state index is 11.1. The van der Waals surface area contributed by atoms with Crippen molar-refractivity contribution in [1.29, 1.82) is 0 Å². The normalized spacial score (nSPS) is 10.9. The van der Waals surface area contributed by atoms with Crippen molar-refractivity contribution in [1.82, 2.24) is 0 Å². The maximum atomic E-state index is 11.1. The Balaban J connectivity index is 3.93. The molecule has 54 valence electrons. The largest absolute Gasteiger partial charge is 0.414 e. The summed E-state index contributed by atoms with van der Waals surface area (Å²) in [7, 11) is -2.55. The van der Waals surface area contributed by atoms with Gasteiger partial charge in [0.2, 0.25) is 7.37 Å². The van der Waals surface area contributed by atoms with Crippen molar-refractivity contribution in [3.8, 4) is 0 Å². The molecule has 0 spiro atoms. The minimum Gasteiger partial charge on any atom is -0.414 e. The summed E-state index contributed by atoms with van der Waals surface area (Å²) in [6.07, 6.45) is 0.866. The van der Waals surface area contributed by atoms with Gasteiger partial charge in [-0.05, 0) is 0 Å². The predicted molar refractivity (Wildman–Crippen MR) is 35.8 cm³/mol. The summed E-state index contributed by atoms with van der Waals surface area (Å²) in [5, 5.41) is 0. The van der Waals surface area contributed by atoms with Gasteiger partial charge < -0.3 is 4.52 Å².